The molecule has 1 unspecified atom stereocenters. The van der Waals surface area contributed by atoms with Crippen molar-refractivity contribution in [2.75, 3.05) is 26.2 Å². The lowest BCUT2D eigenvalue weighted by Crippen LogP contribution is -2.45. The van der Waals surface area contributed by atoms with Crippen molar-refractivity contribution in [1.29, 1.82) is 0 Å². The number of benzene rings is 2. The highest BCUT2D eigenvalue weighted by molar-refractivity contribution is 6.37. The van der Waals surface area contributed by atoms with Crippen LogP contribution in [0.15, 0.2) is 36.4 Å². The number of hydrogen-bond acceptors (Lipinski definition) is 3. The summed E-state index contributed by atoms with van der Waals surface area (Å²) in [7, 11) is 0. The molecule has 0 radical (unpaired) electrons. The molecule has 1 N–H and O–H groups in total. The van der Waals surface area contributed by atoms with Crippen molar-refractivity contribution in [2.24, 2.45) is 5.92 Å². The van der Waals surface area contributed by atoms with E-state index in [0.29, 0.717) is 23.2 Å². The Morgan fingerprint density at radius 3 is 2.52 bits per heavy atom. The fraction of sp³-hybridized carbons (Fsp3) is 0.375. The van der Waals surface area contributed by atoms with E-state index in [2.05, 4.69) is 23.1 Å². The predicted octanol–water partition coefficient (Wildman–Crippen LogP) is 6.03. The summed E-state index contributed by atoms with van der Waals surface area (Å²) < 4.78 is 6.09. The van der Waals surface area contributed by atoms with Crippen molar-refractivity contribution in [1.82, 2.24) is 4.90 Å². The minimum atomic E-state index is -0.733. The number of piperidine rings is 1. The Kier molecular flexibility index (Phi) is 7.59. The maximum Gasteiger partial charge on any atom is 0.307 e. The van der Waals surface area contributed by atoms with Gasteiger partial charge in [-0.1, -0.05) is 60.5 Å². The summed E-state index contributed by atoms with van der Waals surface area (Å²) in [4.78, 5) is 13.4. The molecule has 2 aromatic carbocycles. The predicted molar refractivity (Wildman–Crippen MR) is 129 cm³/mol. The SMILES string of the molecule is CC(CN1CCC2(CC1)COc1cc(C=Cc3c(Cl)cccc3Cl)ccc12)C(=O)O.Cl. The topological polar surface area (TPSA) is 49.8 Å². The van der Waals surface area contributed by atoms with Gasteiger partial charge in [0.1, 0.15) is 5.75 Å². The zero-order valence-electron chi connectivity index (χ0n) is 17.3. The minimum absolute atomic E-state index is 0. The molecule has 0 aromatic heterocycles. The number of hydrogen-bond donors (Lipinski definition) is 1. The summed E-state index contributed by atoms with van der Waals surface area (Å²) >= 11 is 12.5. The van der Waals surface area contributed by atoms with Crippen LogP contribution in [0.2, 0.25) is 10.0 Å². The van der Waals surface area contributed by atoms with Gasteiger partial charge in [0.05, 0.1) is 12.5 Å². The molecule has 1 fully saturated rings. The van der Waals surface area contributed by atoms with Crippen LogP contribution in [0.1, 0.15) is 36.5 Å². The van der Waals surface area contributed by atoms with Crippen molar-refractivity contribution in [3.63, 3.8) is 0 Å². The summed E-state index contributed by atoms with van der Waals surface area (Å²) in [5, 5.41) is 10.4. The average Bonchev–Trinajstić information content (AvgIpc) is 3.07. The molecule has 2 heterocycles. The van der Waals surface area contributed by atoms with E-state index in [1.165, 1.54) is 5.56 Å². The van der Waals surface area contributed by atoms with Crippen LogP contribution in [0.5, 0.6) is 5.75 Å². The maximum absolute atomic E-state index is 11.1. The van der Waals surface area contributed by atoms with Crippen molar-refractivity contribution < 1.29 is 14.6 Å². The highest BCUT2D eigenvalue weighted by Crippen LogP contribution is 2.46. The second-order valence-electron chi connectivity index (χ2n) is 8.33. The lowest BCUT2D eigenvalue weighted by molar-refractivity contribution is -0.141. The van der Waals surface area contributed by atoms with Gasteiger partial charge in [0.2, 0.25) is 0 Å². The van der Waals surface area contributed by atoms with Gasteiger partial charge in [-0.2, -0.15) is 0 Å². The quantitative estimate of drug-likeness (QED) is 0.528. The maximum atomic E-state index is 11.1. The fourth-order valence-corrected chi connectivity index (χ4v) is 4.91. The van der Waals surface area contributed by atoms with Crippen molar-refractivity contribution in [2.45, 2.75) is 25.2 Å². The Morgan fingerprint density at radius 2 is 1.87 bits per heavy atom. The lowest BCUT2D eigenvalue weighted by atomic mass is 9.74. The zero-order valence-corrected chi connectivity index (χ0v) is 19.6. The number of halogens is 3. The van der Waals surface area contributed by atoms with Gasteiger partial charge in [0.15, 0.2) is 0 Å². The number of nitrogens with zero attached hydrogens (tertiary/aromatic N) is 1. The molecular formula is C24H26Cl3NO3. The molecule has 31 heavy (non-hydrogen) atoms. The molecule has 4 rings (SSSR count). The molecular weight excluding hydrogens is 457 g/mol. The Labute approximate surface area is 199 Å². The number of carboxylic acids is 1. The third-order valence-corrected chi connectivity index (χ3v) is 6.95. The van der Waals surface area contributed by atoms with E-state index in [0.717, 1.165) is 42.8 Å². The van der Waals surface area contributed by atoms with E-state index in [1.807, 2.05) is 30.4 Å². The van der Waals surface area contributed by atoms with Crippen LogP contribution in [0, 0.1) is 5.92 Å². The third-order valence-electron chi connectivity index (χ3n) is 6.29. The first kappa shape index (κ1) is 23.9. The second-order valence-corrected chi connectivity index (χ2v) is 9.15. The van der Waals surface area contributed by atoms with Gasteiger partial charge in [-0.3, -0.25) is 4.79 Å². The summed E-state index contributed by atoms with van der Waals surface area (Å²) in [5.74, 6) is -0.134. The zero-order chi connectivity index (χ0) is 21.3. The molecule has 7 heteroatoms. The number of fused-ring (bicyclic) bond motifs is 2. The van der Waals surface area contributed by atoms with E-state index >= 15 is 0 Å². The van der Waals surface area contributed by atoms with Gasteiger partial charge >= 0.3 is 5.97 Å². The van der Waals surface area contributed by atoms with Crippen molar-refractivity contribution >= 4 is 53.7 Å². The van der Waals surface area contributed by atoms with Crippen LogP contribution in [-0.2, 0) is 10.2 Å². The van der Waals surface area contributed by atoms with E-state index < -0.39 is 5.97 Å². The lowest BCUT2D eigenvalue weighted by Gasteiger charge is -2.39. The summed E-state index contributed by atoms with van der Waals surface area (Å²) in [6.45, 7) is 4.85. The van der Waals surface area contributed by atoms with Crippen LogP contribution < -0.4 is 4.74 Å². The van der Waals surface area contributed by atoms with Crippen LogP contribution in [0.4, 0.5) is 0 Å². The highest BCUT2D eigenvalue weighted by atomic mass is 35.5. The molecule has 1 atom stereocenters. The Bertz CT molecular complexity index is 964. The Morgan fingerprint density at radius 1 is 1.19 bits per heavy atom. The molecule has 2 aromatic rings. The first-order chi connectivity index (χ1) is 14.4. The number of aliphatic carboxylic acids is 1. The molecule has 1 saturated heterocycles. The Hall–Kier alpha value is -1.72. The van der Waals surface area contributed by atoms with Gasteiger partial charge in [-0.05, 0) is 49.7 Å². The van der Waals surface area contributed by atoms with Gasteiger partial charge in [-0.15, -0.1) is 12.4 Å². The van der Waals surface area contributed by atoms with Gasteiger partial charge in [-0.25, -0.2) is 0 Å². The normalized spacial score (nSPS) is 18.4. The van der Waals surface area contributed by atoms with Crippen LogP contribution in [0.3, 0.4) is 0 Å². The molecule has 0 aliphatic carbocycles. The number of carboxylic acid groups (broad SMARTS) is 1. The number of carbonyl (C=O) groups is 1. The molecule has 2 aliphatic heterocycles. The van der Waals surface area contributed by atoms with Crippen molar-refractivity contribution in [3.05, 3.63) is 63.1 Å². The van der Waals surface area contributed by atoms with E-state index in [1.54, 1.807) is 6.92 Å². The standard InChI is InChI=1S/C24H25Cl2NO3.ClH/c1-16(23(28)29)14-27-11-9-24(10-12-27)15-30-22-13-17(6-8-19(22)24)5-7-18-20(25)3-2-4-21(18)26;/h2-8,13,16H,9-12,14-15H2,1H3,(H,28,29);1H. The van der Waals surface area contributed by atoms with Gasteiger partial charge in [0.25, 0.3) is 0 Å². The van der Waals surface area contributed by atoms with Crippen LogP contribution in [-0.4, -0.2) is 42.2 Å². The molecule has 2 aliphatic rings. The number of ether oxygens (including phenoxy) is 1. The van der Waals surface area contributed by atoms with Gasteiger partial charge < -0.3 is 14.7 Å². The summed E-state index contributed by atoms with van der Waals surface area (Å²) in [6, 6.07) is 11.8. The van der Waals surface area contributed by atoms with Crippen LogP contribution in [0.25, 0.3) is 12.2 Å². The molecule has 0 amide bonds. The molecule has 0 saturated carbocycles. The highest BCUT2D eigenvalue weighted by Gasteiger charge is 2.43. The third kappa shape index (κ3) is 5.04. The van der Waals surface area contributed by atoms with E-state index in [4.69, 9.17) is 33.0 Å². The molecule has 1 spiro atoms. The molecule has 166 valence electrons. The average molecular weight is 483 g/mol. The second kappa shape index (κ2) is 9.83. The summed E-state index contributed by atoms with van der Waals surface area (Å²) in [5.41, 5.74) is 3.14. The Balaban J connectivity index is 0.00000272. The number of rotatable bonds is 5. The molecule has 4 nitrogen and oxygen atoms in total. The van der Waals surface area contributed by atoms with Gasteiger partial charge in [0, 0.05) is 33.1 Å². The minimum Gasteiger partial charge on any atom is -0.492 e. The molecule has 0 bridgehead atoms. The summed E-state index contributed by atoms with van der Waals surface area (Å²) in [6.07, 6.45) is 5.89. The first-order valence-corrected chi connectivity index (χ1v) is 11.0. The van der Waals surface area contributed by atoms with E-state index in [9.17, 15) is 4.79 Å². The largest absolute Gasteiger partial charge is 0.492 e. The smallest absolute Gasteiger partial charge is 0.307 e. The van der Waals surface area contributed by atoms with Crippen molar-refractivity contribution in [3.8, 4) is 5.75 Å². The first-order valence-electron chi connectivity index (χ1n) is 10.2. The monoisotopic (exact) mass is 481 g/mol. The fourth-order valence-electron chi connectivity index (χ4n) is 4.39. The van der Waals surface area contributed by atoms with E-state index in [-0.39, 0.29) is 23.7 Å². The number of likely N-dealkylation sites (tertiary alicyclic amines) is 1. The van der Waals surface area contributed by atoms with Crippen LogP contribution >= 0.6 is 35.6 Å².